The molecule has 15 aromatic carbocycles. The second-order valence-electron chi connectivity index (χ2n) is 25.7. The molecule has 0 saturated carbocycles. The predicted molar refractivity (Wildman–Crippen MR) is 397 cm³/mol. The van der Waals surface area contributed by atoms with Crippen molar-refractivity contribution in [2.75, 3.05) is 0 Å². The Hall–Kier alpha value is -13.2. The Morgan fingerprint density at radius 3 is 1.12 bits per heavy atom. The van der Waals surface area contributed by atoms with Crippen LogP contribution in [0.4, 0.5) is 0 Å². The van der Waals surface area contributed by atoms with Crippen LogP contribution in [0.2, 0.25) is 0 Å². The number of rotatable bonds is 7. The van der Waals surface area contributed by atoms with Gasteiger partial charge in [-0.2, -0.15) is 24.9 Å². The molecule has 2 aliphatic rings. The monoisotopic (exact) mass is 1230 g/mol. The summed E-state index contributed by atoms with van der Waals surface area (Å²) in [5, 5.41) is 16.5. The number of hydrogen-bond donors (Lipinski definition) is 0. The van der Waals surface area contributed by atoms with Gasteiger partial charge < -0.3 is 0 Å². The maximum absolute atomic E-state index is 5.59. The first-order chi connectivity index (χ1) is 48.1. The van der Waals surface area contributed by atoms with E-state index in [0.717, 1.165) is 98.8 Å². The summed E-state index contributed by atoms with van der Waals surface area (Å²) in [6.07, 6.45) is 0. The zero-order chi connectivity index (χ0) is 63.1. The first-order valence-corrected chi connectivity index (χ1v) is 32.9. The SMILES string of the molecule is c1ccc(-c2nc(-c3ccc4c(c3)-c3c5ccccc5cc5cc(-c6ccc7c(c6)c6ccccc6n7-c6nc(-c7ccc8c(c7)-c7c9ccccc9cc9cccc-8c79)nc(-n7c8ccccc8c8ccccc87)n6)cc-4c35)nc(-n3c4ccccc4c4ccccc43)n2)cc1. The van der Waals surface area contributed by atoms with Gasteiger partial charge in [0.25, 0.3) is 0 Å². The van der Waals surface area contributed by atoms with Crippen molar-refractivity contribution in [3.05, 3.63) is 297 Å². The molecule has 0 unspecified atom stereocenters. The zero-order valence-corrected chi connectivity index (χ0v) is 51.8. The summed E-state index contributed by atoms with van der Waals surface area (Å²) in [5.41, 5.74) is 20.7. The molecule has 0 aliphatic heterocycles. The number of para-hydroxylation sites is 5. The van der Waals surface area contributed by atoms with Crippen molar-refractivity contribution >= 4 is 109 Å². The Labute approximate surface area is 553 Å². The van der Waals surface area contributed by atoms with Crippen LogP contribution in [0.15, 0.2) is 297 Å². The molecule has 0 N–H and O–H groups in total. The third kappa shape index (κ3) is 7.47. The molecule has 0 amide bonds. The van der Waals surface area contributed by atoms with Crippen LogP contribution in [0.25, 0.3) is 216 Å². The number of hydrogen-bond acceptors (Lipinski definition) is 6. The van der Waals surface area contributed by atoms with Crippen molar-refractivity contribution in [2.24, 2.45) is 0 Å². The molecule has 0 radical (unpaired) electrons. The molecule has 5 heterocycles. The summed E-state index contributed by atoms with van der Waals surface area (Å²) in [6, 6.07) is 107. The van der Waals surface area contributed by atoms with E-state index in [9.17, 15) is 0 Å². The molecular formula is C88H49N9. The third-order valence-electron chi connectivity index (χ3n) is 20.6. The highest BCUT2D eigenvalue weighted by molar-refractivity contribution is 6.26. The van der Waals surface area contributed by atoms with Crippen molar-refractivity contribution in [2.45, 2.75) is 0 Å². The molecule has 22 rings (SSSR count). The molecule has 0 bridgehead atoms. The van der Waals surface area contributed by atoms with Crippen LogP contribution < -0.4 is 0 Å². The van der Waals surface area contributed by atoms with E-state index in [2.05, 4.69) is 293 Å². The zero-order valence-electron chi connectivity index (χ0n) is 51.8. The van der Waals surface area contributed by atoms with E-state index in [1.54, 1.807) is 0 Å². The van der Waals surface area contributed by atoms with Crippen LogP contribution in [0.1, 0.15) is 0 Å². The predicted octanol–water partition coefficient (Wildman–Crippen LogP) is 21.9. The highest BCUT2D eigenvalue weighted by atomic mass is 15.3. The quantitative estimate of drug-likeness (QED) is 0.148. The maximum atomic E-state index is 5.59. The summed E-state index contributed by atoms with van der Waals surface area (Å²) < 4.78 is 6.63. The van der Waals surface area contributed by atoms with E-state index in [0.29, 0.717) is 35.3 Å². The Morgan fingerprint density at radius 1 is 0.186 bits per heavy atom. The van der Waals surface area contributed by atoms with E-state index in [1.807, 2.05) is 18.2 Å². The fourth-order valence-electron chi connectivity index (χ4n) is 16.4. The van der Waals surface area contributed by atoms with Crippen molar-refractivity contribution < 1.29 is 0 Å². The Kier molecular flexibility index (Phi) is 10.6. The average Bonchev–Trinajstić information content (AvgIpc) is 1.58. The molecule has 9 heteroatoms. The number of nitrogens with zero attached hydrogens (tertiary/aromatic N) is 9. The second-order valence-corrected chi connectivity index (χ2v) is 25.7. The van der Waals surface area contributed by atoms with Crippen LogP contribution in [0, 0.1) is 0 Å². The van der Waals surface area contributed by atoms with Gasteiger partial charge in [0.1, 0.15) is 0 Å². The molecule has 97 heavy (non-hydrogen) atoms. The fourth-order valence-corrected chi connectivity index (χ4v) is 16.4. The summed E-state index contributed by atoms with van der Waals surface area (Å²) in [7, 11) is 0. The van der Waals surface area contributed by atoms with Crippen molar-refractivity contribution in [3.63, 3.8) is 0 Å². The normalized spacial score (nSPS) is 12.3. The van der Waals surface area contributed by atoms with Gasteiger partial charge in [-0.1, -0.05) is 218 Å². The molecule has 0 spiro atoms. The van der Waals surface area contributed by atoms with Gasteiger partial charge in [0.05, 0.1) is 33.1 Å². The summed E-state index contributed by atoms with van der Waals surface area (Å²) in [6.45, 7) is 0. The van der Waals surface area contributed by atoms with E-state index in [1.165, 1.54) is 82.0 Å². The molecule has 0 saturated heterocycles. The molecule has 2 aliphatic carbocycles. The summed E-state index contributed by atoms with van der Waals surface area (Å²) in [4.78, 5) is 32.6. The van der Waals surface area contributed by atoms with Gasteiger partial charge in [-0.25, -0.2) is 4.98 Å². The lowest BCUT2D eigenvalue weighted by Gasteiger charge is -2.14. The van der Waals surface area contributed by atoms with Crippen molar-refractivity contribution in [3.8, 4) is 108 Å². The van der Waals surface area contributed by atoms with Crippen LogP contribution >= 0.6 is 0 Å². The van der Waals surface area contributed by atoms with Gasteiger partial charge in [0.15, 0.2) is 17.5 Å². The van der Waals surface area contributed by atoms with E-state index >= 15 is 0 Å². The smallest absolute Gasteiger partial charge is 0.240 e. The lowest BCUT2D eigenvalue weighted by atomic mass is 9.93. The van der Waals surface area contributed by atoms with E-state index < -0.39 is 0 Å². The third-order valence-corrected chi connectivity index (χ3v) is 20.6. The van der Waals surface area contributed by atoms with Crippen LogP contribution in [-0.2, 0) is 0 Å². The van der Waals surface area contributed by atoms with Gasteiger partial charge in [-0.3, -0.25) is 13.7 Å². The number of fused-ring (bicyclic) bond motifs is 19. The lowest BCUT2D eigenvalue weighted by molar-refractivity contribution is 0.893. The van der Waals surface area contributed by atoms with Gasteiger partial charge in [0, 0.05) is 49.0 Å². The topological polar surface area (TPSA) is 92.1 Å². The Morgan fingerprint density at radius 2 is 0.577 bits per heavy atom. The first kappa shape index (κ1) is 52.3. The Bertz CT molecular complexity index is 6790. The highest BCUT2D eigenvalue weighted by Crippen LogP contribution is 2.54. The van der Waals surface area contributed by atoms with Gasteiger partial charge >= 0.3 is 0 Å². The van der Waals surface area contributed by atoms with Crippen molar-refractivity contribution in [1.29, 1.82) is 0 Å². The highest BCUT2D eigenvalue weighted by Gasteiger charge is 2.30. The van der Waals surface area contributed by atoms with Crippen LogP contribution in [0.5, 0.6) is 0 Å². The van der Waals surface area contributed by atoms with Crippen LogP contribution in [-0.4, -0.2) is 43.6 Å². The molecule has 20 aromatic rings. The van der Waals surface area contributed by atoms with Crippen LogP contribution in [0.3, 0.4) is 0 Å². The number of benzene rings is 15. The van der Waals surface area contributed by atoms with E-state index in [-0.39, 0.29) is 0 Å². The van der Waals surface area contributed by atoms with Gasteiger partial charge in [0.2, 0.25) is 17.8 Å². The summed E-state index contributed by atoms with van der Waals surface area (Å²) in [5.74, 6) is 3.44. The standard InChI is InChI=1S/C88H49N9/c1-2-19-50(20-3-1)83-89-84(91-86(90-83)95-73-32-13-8-26-63(73)64-27-9-14-33-74(64)95)55-38-41-62-70-49-57(45-58-44-53-22-5-7-25-60(53)82(80(58)70)72(62)47-55)51-39-42-78-69(46-51)67-30-12-17-36-77(67)97(78)88-93-85(92-87(94-88)96-75-34-15-10-28-65(75)66-29-11-16-35-76(66)96)56-37-40-61-68-31-18-23-54-43-52-21-4-6-24-59(52)81(79(54)68)71(61)48-56/h1-49H. The minimum Gasteiger partial charge on any atom is -0.278 e. The molecule has 446 valence electrons. The minimum atomic E-state index is 0.530. The Balaban J connectivity index is 0.717. The van der Waals surface area contributed by atoms with Gasteiger partial charge in [-0.15, -0.1) is 0 Å². The van der Waals surface area contributed by atoms with Gasteiger partial charge in [-0.05, 0) is 178 Å². The second kappa shape index (κ2) is 19.7. The molecule has 0 atom stereocenters. The molecule has 9 nitrogen and oxygen atoms in total. The fraction of sp³-hybridized carbons (Fsp3) is 0. The molecular weight excluding hydrogens is 1180 g/mol. The molecule has 0 fully saturated rings. The van der Waals surface area contributed by atoms with Crippen molar-refractivity contribution in [1.82, 2.24) is 43.6 Å². The van der Waals surface area contributed by atoms with E-state index in [4.69, 9.17) is 29.9 Å². The largest absolute Gasteiger partial charge is 0.278 e. The average molecular weight is 1230 g/mol. The minimum absolute atomic E-state index is 0.530. The molecule has 5 aromatic heterocycles. The first-order valence-electron chi connectivity index (χ1n) is 32.9. The summed E-state index contributed by atoms with van der Waals surface area (Å²) >= 11 is 0. The lowest BCUT2D eigenvalue weighted by Crippen LogP contribution is -2.10. The maximum Gasteiger partial charge on any atom is 0.240 e. The number of aromatic nitrogens is 9.